The van der Waals surface area contributed by atoms with E-state index in [1.165, 1.54) is 28.2 Å². The Balaban J connectivity index is 1.72. The van der Waals surface area contributed by atoms with Crippen LogP contribution in [0.1, 0.15) is 46.6 Å². The first kappa shape index (κ1) is 22.7. The predicted molar refractivity (Wildman–Crippen MR) is 138 cm³/mol. The highest BCUT2D eigenvalue weighted by atomic mass is 32.1. The van der Waals surface area contributed by atoms with Gasteiger partial charge in [0.15, 0.2) is 0 Å². The number of anilines is 1. The lowest BCUT2D eigenvalue weighted by atomic mass is 9.86. The molecule has 4 nitrogen and oxygen atoms in total. The van der Waals surface area contributed by atoms with Gasteiger partial charge in [-0.3, -0.25) is 4.79 Å². The van der Waals surface area contributed by atoms with Crippen LogP contribution in [0.25, 0.3) is 22.9 Å². The summed E-state index contributed by atoms with van der Waals surface area (Å²) < 4.78 is 0. The molecule has 0 radical (unpaired) electrons. The smallest absolute Gasteiger partial charge is 0.266 e. The normalized spacial score (nSPS) is 11.8. The van der Waals surface area contributed by atoms with E-state index in [1.54, 1.807) is 6.07 Å². The van der Waals surface area contributed by atoms with Crippen molar-refractivity contribution >= 4 is 45.2 Å². The lowest BCUT2D eigenvalue weighted by molar-refractivity contribution is 0.103. The number of aromatic nitrogens is 1. The predicted octanol–water partition coefficient (Wildman–Crippen LogP) is 7.49. The monoisotopic (exact) mass is 469 g/mol. The number of benzene rings is 2. The first-order chi connectivity index (χ1) is 15.8. The summed E-state index contributed by atoms with van der Waals surface area (Å²) >= 11 is 2.69. The van der Waals surface area contributed by atoms with Gasteiger partial charge in [-0.05, 0) is 34.1 Å². The van der Waals surface area contributed by atoms with Gasteiger partial charge in [0.1, 0.15) is 21.8 Å². The van der Waals surface area contributed by atoms with Gasteiger partial charge in [0.25, 0.3) is 5.91 Å². The third-order valence-electron chi connectivity index (χ3n) is 5.08. The summed E-state index contributed by atoms with van der Waals surface area (Å²) in [6.45, 7) is 6.52. The first-order valence-corrected chi connectivity index (χ1v) is 12.2. The van der Waals surface area contributed by atoms with E-state index in [4.69, 9.17) is 4.98 Å². The number of nitriles is 1. The number of carbonyl (C=O) groups is 1. The summed E-state index contributed by atoms with van der Waals surface area (Å²) in [6, 6.07) is 23.8. The van der Waals surface area contributed by atoms with Crippen molar-refractivity contribution in [3.63, 3.8) is 0 Å². The van der Waals surface area contributed by atoms with Crippen LogP contribution < -0.4 is 5.32 Å². The summed E-state index contributed by atoms with van der Waals surface area (Å²) in [7, 11) is 0. The number of hydrogen-bond donors (Lipinski definition) is 1. The fourth-order valence-corrected chi connectivity index (χ4v) is 4.84. The number of amides is 1. The van der Waals surface area contributed by atoms with Crippen LogP contribution in [0.3, 0.4) is 0 Å². The van der Waals surface area contributed by atoms with E-state index < -0.39 is 0 Å². The maximum absolute atomic E-state index is 12.7. The van der Waals surface area contributed by atoms with E-state index in [0.29, 0.717) is 26.2 Å². The molecule has 0 saturated heterocycles. The van der Waals surface area contributed by atoms with Gasteiger partial charge >= 0.3 is 0 Å². The molecule has 0 saturated carbocycles. The zero-order chi connectivity index (χ0) is 23.4. The molecule has 33 heavy (non-hydrogen) atoms. The Bertz CT molecular complexity index is 1320. The molecule has 2 aromatic heterocycles. The molecule has 0 aliphatic heterocycles. The molecule has 0 aliphatic rings. The van der Waals surface area contributed by atoms with E-state index in [-0.39, 0.29) is 11.3 Å². The third-order valence-corrected chi connectivity index (χ3v) is 6.96. The average Bonchev–Trinajstić information content (AvgIpc) is 3.48. The van der Waals surface area contributed by atoms with Crippen molar-refractivity contribution in [2.75, 3.05) is 5.32 Å². The number of allylic oxidation sites excluding steroid dienone is 1. The Morgan fingerprint density at radius 1 is 1.03 bits per heavy atom. The standard InChI is InChI=1S/C27H23N3OS2/c1-27(2,3)21-13-11-18(12-14-21)16-20(17-28)25-29-23(19-8-5-4-6-9-19)26(33-25)30-24(31)22-10-7-15-32-22/h4-16H,1-3H3,(H,30,31). The third kappa shape index (κ3) is 5.28. The SMILES string of the molecule is CC(C)(C)c1ccc(C=C(C#N)c2nc(-c3ccccc3)c(NC(=O)c3cccs3)s2)cc1. The number of nitrogens with one attached hydrogen (secondary N) is 1. The summed E-state index contributed by atoms with van der Waals surface area (Å²) in [5.41, 5.74) is 4.23. The number of rotatable bonds is 5. The van der Waals surface area contributed by atoms with Crippen LogP contribution in [0.4, 0.5) is 5.00 Å². The highest BCUT2D eigenvalue weighted by Crippen LogP contribution is 2.37. The fraction of sp³-hybridized carbons (Fsp3) is 0.148. The van der Waals surface area contributed by atoms with Crippen molar-refractivity contribution in [1.29, 1.82) is 5.26 Å². The van der Waals surface area contributed by atoms with E-state index in [2.05, 4.69) is 44.3 Å². The topological polar surface area (TPSA) is 65.8 Å². The molecule has 0 atom stereocenters. The molecule has 0 bridgehead atoms. The zero-order valence-corrected chi connectivity index (χ0v) is 20.3. The Morgan fingerprint density at radius 3 is 2.36 bits per heavy atom. The maximum atomic E-state index is 12.7. The molecule has 2 heterocycles. The highest BCUT2D eigenvalue weighted by molar-refractivity contribution is 7.18. The van der Waals surface area contributed by atoms with Crippen molar-refractivity contribution in [1.82, 2.24) is 4.98 Å². The van der Waals surface area contributed by atoms with Crippen molar-refractivity contribution < 1.29 is 4.79 Å². The van der Waals surface area contributed by atoms with Gasteiger partial charge in [-0.1, -0.05) is 92.8 Å². The molecule has 2 aromatic carbocycles. The van der Waals surface area contributed by atoms with E-state index in [0.717, 1.165) is 11.1 Å². The number of thiazole rings is 1. The Morgan fingerprint density at radius 2 is 1.76 bits per heavy atom. The number of hydrogen-bond acceptors (Lipinski definition) is 5. The molecule has 6 heteroatoms. The van der Waals surface area contributed by atoms with E-state index in [1.807, 2.05) is 60.0 Å². The van der Waals surface area contributed by atoms with Crippen LogP contribution in [0, 0.1) is 11.3 Å². The largest absolute Gasteiger partial charge is 0.311 e. The lowest BCUT2D eigenvalue weighted by Gasteiger charge is -2.18. The van der Waals surface area contributed by atoms with Crippen molar-refractivity contribution in [2.24, 2.45) is 0 Å². The molecule has 4 aromatic rings. The second kappa shape index (κ2) is 9.53. The van der Waals surface area contributed by atoms with Gasteiger partial charge in [0.2, 0.25) is 0 Å². The van der Waals surface area contributed by atoms with Crippen LogP contribution in [0.2, 0.25) is 0 Å². The summed E-state index contributed by atoms with van der Waals surface area (Å²) in [6.07, 6.45) is 1.84. The maximum Gasteiger partial charge on any atom is 0.266 e. The van der Waals surface area contributed by atoms with E-state index in [9.17, 15) is 10.1 Å². The molecule has 1 amide bonds. The molecule has 164 valence electrons. The summed E-state index contributed by atoms with van der Waals surface area (Å²) in [4.78, 5) is 18.1. The molecular formula is C27H23N3OS2. The van der Waals surface area contributed by atoms with Gasteiger partial charge in [-0.2, -0.15) is 5.26 Å². The molecular weight excluding hydrogens is 446 g/mol. The molecule has 0 fully saturated rings. The van der Waals surface area contributed by atoms with Crippen molar-refractivity contribution in [2.45, 2.75) is 26.2 Å². The van der Waals surface area contributed by atoms with Crippen LogP contribution in [0.15, 0.2) is 72.1 Å². The van der Waals surface area contributed by atoms with Gasteiger partial charge in [0, 0.05) is 5.56 Å². The number of nitrogens with zero attached hydrogens (tertiary/aromatic N) is 2. The second-order valence-electron chi connectivity index (χ2n) is 8.54. The molecule has 4 rings (SSSR count). The van der Waals surface area contributed by atoms with Crippen LogP contribution >= 0.6 is 22.7 Å². The highest BCUT2D eigenvalue weighted by Gasteiger charge is 2.19. The zero-order valence-electron chi connectivity index (χ0n) is 18.6. The minimum atomic E-state index is -0.183. The van der Waals surface area contributed by atoms with Gasteiger partial charge in [-0.25, -0.2) is 4.98 Å². The van der Waals surface area contributed by atoms with Crippen LogP contribution in [0.5, 0.6) is 0 Å². The first-order valence-electron chi connectivity index (χ1n) is 10.5. The number of carbonyl (C=O) groups excluding carboxylic acids is 1. The van der Waals surface area contributed by atoms with Gasteiger partial charge in [-0.15, -0.1) is 11.3 Å². The van der Waals surface area contributed by atoms with Gasteiger partial charge in [0.05, 0.1) is 10.5 Å². The molecule has 1 N–H and O–H groups in total. The molecule has 0 spiro atoms. The lowest BCUT2D eigenvalue weighted by Crippen LogP contribution is -2.10. The Hall–Kier alpha value is -3.53. The van der Waals surface area contributed by atoms with Gasteiger partial charge < -0.3 is 5.32 Å². The minimum Gasteiger partial charge on any atom is -0.311 e. The van der Waals surface area contributed by atoms with E-state index >= 15 is 0 Å². The Kier molecular flexibility index (Phi) is 6.55. The van der Waals surface area contributed by atoms with Crippen molar-refractivity contribution in [3.05, 3.63) is 93.1 Å². The fourth-order valence-electron chi connectivity index (χ4n) is 3.27. The van der Waals surface area contributed by atoms with Crippen LogP contribution in [-0.4, -0.2) is 10.9 Å². The Labute approximate surface area is 201 Å². The molecule has 0 aliphatic carbocycles. The second-order valence-corrected chi connectivity index (χ2v) is 10.5. The minimum absolute atomic E-state index is 0.0653. The average molecular weight is 470 g/mol. The van der Waals surface area contributed by atoms with Crippen molar-refractivity contribution in [3.8, 4) is 17.3 Å². The van der Waals surface area contributed by atoms with Crippen LogP contribution in [-0.2, 0) is 5.41 Å². The summed E-state index contributed by atoms with van der Waals surface area (Å²) in [5.74, 6) is -0.183. The number of thiophene rings is 1. The quantitative estimate of drug-likeness (QED) is 0.308. The summed E-state index contributed by atoms with van der Waals surface area (Å²) in [5, 5.41) is 15.9. The molecule has 0 unspecified atom stereocenters.